The van der Waals surface area contributed by atoms with Crippen LogP contribution in [-0.4, -0.2) is 49.0 Å². The van der Waals surface area contributed by atoms with Gasteiger partial charge in [0.05, 0.1) is 24.7 Å². The lowest BCUT2D eigenvalue weighted by atomic mass is 10.0. The molecule has 0 fully saturated rings. The van der Waals surface area contributed by atoms with Crippen LogP contribution in [0.1, 0.15) is 16.7 Å². The zero-order chi connectivity index (χ0) is 23.2. The van der Waals surface area contributed by atoms with E-state index in [1.54, 1.807) is 18.2 Å². The normalized spacial score (nSPS) is 13.3. The van der Waals surface area contributed by atoms with Gasteiger partial charge in [0.1, 0.15) is 13.1 Å². The lowest BCUT2D eigenvalue weighted by Gasteiger charge is -2.22. The van der Waals surface area contributed by atoms with E-state index < -0.39 is 5.91 Å². The van der Waals surface area contributed by atoms with Crippen LogP contribution in [0.15, 0.2) is 82.9 Å². The summed E-state index contributed by atoms with van der Waals surface area (Å²) < 4.78 is 5.06. The molecule has 1 heterocycles. The Balaban J connectivity index is 1.51. The fourth-order valence-electron chi connectivity index (χ4n) is 3.51. The van der Waals surface area contributed by atoms with Crippen molar-refractivity contribution < 1.29 is 19.4 Å². The van der Waals surface area contributed by atoms with Crippen molar-refractivity contribution in [2.75, 3.05) is 25.1 Å². The van der Waals surface area contributed by atoms with E-state index in [1.165, 1.54) is 24.3 Å². The number of carbonyl (C=O) groups excluding carboxylic acids is 2. The van der Waals surface area contributed by atoms with Gasteiger partial charge in [0.2, 0.25) is 5.91 Å². The molecule has 0 unspecified atom stereocenters. The molecule has 3 aromatic rings. The monoisotopic (exact) mass is 442 g/mol. The minimum absolute atomic E-state index is 0.00844. The molecule has 166 valence electrons. The van der Waals surface area contributed by atoms with E-state index in [4.69, 9.17) is 4.74 Å². The molecule has 2 N–H and O–H groups in total. The number of phenolic OH excluding ortho intramolecular Hbond substituents is 1. The molecule has 1 aliphatic heterocycles. The number of ether oxygens (including phenoxy) is 1. The van der Waals surface area contributed by atoms with Crippen molar-refractivity contribution in [1.29, 1.82) is 0 Å². The number of hydrazone groups is 1. The van der Waals surface area contributed by atoms with E-state index in [1.807, 2.05) is 48.5 Å². The van der Waals surface area contributed by atoms with Crippen molar-refractivity contribution in [3.8, 4) is 11.5 Å². The molecule has 3 aromatic carbocycles. The number of amides is 2. The highest BCUT2D eigenvalue weighted by Crippen LogP contribution is 2.27. The van der Waals surface area contributed by atoms with E-state index in [0.29, 0.717) is 22.7 Å². The highest BCUT2D eigenvalue weighted by Gasteiger charge is 2.26. The standard InChI is InChI=1S/C25H22N4O4/c1-33-22-13-17(11-12-21(22)30)14-27-28-23(31)16-29-20-10-6-5-9-19(20)25(26-15-24(29)32)18-7-3-2-4-8-18/h2-14,30H,15-16H2,1H3,(H,28,31)/b27-14-. The third kappa shape index (κ3) is 4.90. The summed E-state index contributed by atoms with van der Waals surface area (Å²) in [5, 5.41) is 13.6. The second-order valence-corrected chi connectivity index (χ2v) is 7.25. The molecule has 0 radical (unpaired) electrons. The van der Waals surface area contributed by atoms with Gasteiger partial charge in [-0.05, 0) is 29.8 Å². The second-order valence-electron chi connectivity index (χ2n) is 7.25. The van der Waals surface area contributed by atoms with Gasteiger partial charge < -0.3 is 14.7 Å². The Kier molecular flexibility index (Phi) is 6.45. The molecule has 8 nitrogen and oxygen atoms in total. The number of methoxy groups -OCH3 is 1. The van der Waals surface area contributed by atoms with Crippen LogP contribution >= 0.6 is 0 Å². The third-order valence-electron chi connectivity index (χ3n) is 5.08. The molecule has 8 heteroatoms. The number of nitrogens with one attached hydrogen (secondary N) is 1. The molecule has 0 aliphatic carbocycles. The van der Waals surface area contributed by atoms with Crippen LogP contribution in [0.5, 0.6) is 11.5 Å². The molecule has 2 amide bonds. The summed E-state index contributed by atoms with van der Waals surface area (Å²) in [5.41, 5.74) is 6.07. The predicted molar refractivity (Wildman–Crippen MR) is 126 cm³/mol. The Morgan fingerprint density at radius 2 is 1.91 bits per heavy atom. The Labute approximate surface area is 190 Å². The van der Waals surface area contributed by atoms with Crippen LogP contribution in [0.2, 0.25) is 0 Å². The first-order valence-corrected chi connectivity index (χ1v) is 10.3. The van der Waals surface area contributed by atoms with Gasteiger partial charge in [0.25, 0.3) is 5.91 Å². The van der Waals surface area contributed by atoms with Gasteiger partial charge in [-0.25, -0.2) is 5.43 Å². The maximum absolute atomic E-state index is 12.8. The van der Waals surface area contributed by atoms with Crippen molar-refractivity contribution in [3.63, 3.8) is 0 Å². The summed E-state index contributed by atoms with van der Waals surface area (Å²) in [6.07, 6.45) is 1.43. The third-order valence-corrected chi connectivity index (χ3v) is 5.08. The van der Waals surface area contributed by atoms with Crippen molar-refractivity contribution in [2.24, 2.45) is 10.1 Å². The van der Waals surface area contributed by atoms with E-state index >= 15 is 0 Å². The van der Waals surface area contributed by atoms with Crippen molar-refractivity contribution in [2.45, 2.75) is 0 Å². The molecule has 4 rings (SSSR count). The van der Waals surface area contributed by atoms with Crippen LogP contribution in [-0.2, 0) is 9.59 Å². The van der Waals surface area contributed by atoms with Gasteiger partial charge in [0, 0.05) is 11.1 Å². The van der Waals surface area contributed by atoms with Crippen LogP contribution in [0, 0.1) is 0 Å². The summed E-state index contributed by atoms with van der Waals surface area (Å²) in [6, 6.07) is 21.7. The highest BCUT2D eigenvalue weighted by molar-refractivity contribution is 6.20. The number of anilines is 1. The Morgan fingerprint density at radius 3 is 2.70 bits per heavy atom. The molecule has 0 spiro atoms. The largest absolute Gasteiger partial charge is 0.504 e. The van der Waals surface area contributed by atoms with Crippen LogP contribution in [0.25, 0.3) is 0 Å². The first kappa shape index (κ1) is 21.8. The van der Waals surface area contributed by atoms with E-state index in [-0.39, 0.29) is 24.7 Å². The lowest BCUT2D eigenvalue weighted by molar-refractivity contribution is -0.123. The number of phenols is 1. The van der Waals surface area contributed by atoms with Crippen LogP contribution in [0.3, 0.4) is 0 Å². The van der Waals surface area contributed by atoms with Gasteiger partial charge in [-0.1, -0.05) is 48.5 Å². The first-order valence-electron chi connectivity index (χ1n) is 10.3. The number of carbonyl (C=O) groups is 2. The summed E-state index contributed by atoms with van der Waals surface area (Å²) in [7, 11) is 1.45. The number of fused-ring (bicyclic) bond motifs is 1. The zero-order valence-electron chi connectivity index (χ0n) is 17.9. The Hall–Kier alpha value is -4.46. The molecule has 1 aliphatic rings. The number of rotatable bonds is 6. The fourth-order valence-corrected chi connectivity index (χ4v) is 3.51. The molecular weight excluding hydrogens is 420 g/mol. The van der Waals surface area contributed by atoms with Crippen molar-refractivity contribution in [3.05, 3.63) is 89.5 Å². The minimum atomic E-state index is -0.455. The van der Waals surface area contributed by atoms with Crippen molar-refractivity contribution >= 4 is 29.4 Å². The number of nitrogens with zero attached hydrogens (tertiary/aromatic N) is 3. The Bertz CT molecular complexity index is 1240. The average Bonchev–Trinajstić information content (AvgIpc) is 2.97. The van der Waals surface area contributed by atoms with Gasteiger partial charge in [-0.3, -0.25) is 14.6 Å². The van der Waals surface area contributed by atoms with Gasteiger partial charge in [-0.2, -0.15) is 5.10 Å². The number of hydrogen-bond acceptors (Lipinski definition) is 6. The number of aliphatic imine (C=N–C) groups is 1. The molecule has 0 saturated heterocycles. The average molecular weight is 442 g/mol. The number of benzene rings is 3. The van der Waals surface area contributed by atoms with Crippen LogP contribution in [0.4, 0.5) is 5.69 Å². The number of hydrogen-bond donors (Lipinski definition) is 2. The first-order chi connectivity index (χ1) is 16.1. The SMILES string of the molecule is COc1cc(/C=N\NC(=O)CN2C(=O)CN=C(c3ccccc3)c3ccccc32)ccc1O. The smallest absolute Gasteiger partial charge is 0.260 e. The maximum Gasteiger partial charge on any atom is 0.260 e. The molecule has 33 heavy (non-hydrogen) atoms. The summed E-state index contributed by atoms with van der Waals surface area (Å²) in [5.74, 6) is -0.431. The van der Waals surface area contributed by atoms with E-state index in [9.17, 15) is 14.7 Å². The van der Waals surface area contributed by atoms with E-state index in [0.717, 1.165) is 11.1 Å². The Morgan fingerprint density at radius 1 is 1.15 bits per heavy atom. The highest BCUT2D eigenvalue weighted by atomic mass is 16.5. The topological polar surface area (TPSA) is 104 Å². The summed E-state index contributed by atoms with van der Waals surface area (Å²) in [6.45, 7) is -0.271. The van der Waals surface area contributed by atoms with E-state index in [2.05, 4.69) is 15.5 Å². The molecule has 0 atom stereocenters. The molecular formula is C25H22N4O4. The summed E-state index contributed by atoms with van der Waals surface area (Å²) in [4.78, 5) is 31.4. The summed E-state index contributed by atoms with van der Waals surface area (Å²) >= 11 is 0. The molecule has 0 aromatic heterocycles. The van der Waals surface area contributed by atoms with Gasteiger partial charge in [-0.15, -0.1) is 0 Å². The van der Waals surface area contributed by atoms with Gasteiger partial charge in [0.15, 0.2) is 11.5 Å². The molecule has 0 bridgehead atoms. The molecule has 0 saturated carbocycles. The number of benzodiazepines with no additional fused rings is 1. The predicted octanol–water partition coefficient (Wildman–Crippen LogP) is 2.74. The second kappa shape index (κ2) is 9.78. The van der Waals surface area contributed by atoms with Gasteiger partial charge >= 0.3 is 0 Å². The maximum atomic E-state index is 12.8. The quantitative estimate of drug-likeness (QED) is 0.453. The zero-order valence-corrected chi connectivity index (χ0v) is 17.9. The number of aromatic hydroxyl groups is 1. The van der Waals surface area contributed by atoms with Crippen LogP contribution < -0.4 is 15.1 Å². The minimum Gasteiger partial charge on any atom is -0.504 e. The number of para-hydroxylation sites is 1. The lowest BCUT2D eigenvalue weighted by Crippen LogP contribution is -2.40. The fraction of sp³-hybridized carbons (Fsp3) is 0.120. The van der Waals surface area contributed by atoms with Crippen molar-refractivity contribution in [1.82, 2.24) is 5.43 Å².